The number of nitrogens with zero attached hydrogens (tertiary/aromatic N) is 1. The standard InChI is InChI=1S/C34H41F3N3O4PS/c1-45(2,42)25-12-13-28(30(17-25)44-16-15-41)38-14-4-7-31-27(18-34(35,36)37)26-5-3-6-29(32(26)46-31)39-23-8-10-24(11-9-23)40-19-33(20-40)21-43-22-33/h3,5-6,12-13,17,23-24,38-39,41H,8-11,14-16,18-22H2,1-2H3. The van der Waals surface area contributed by atoms with Crippen molar-refractivity contribution in [3.05, 3.63) is 46.8 Å². The molecule has 1 saturated carbocycles. The molecule has 2 aliphatic heterocycles. The first-order valence-electron chi connectivity index (χ1n) is 15.8. The number of anilines is 2. The maximum absolute atomic E-state index is 13.7. The SMILES string of the molecule is CP(C)(=O)c1ccc(NCC#Cc2sc3c(NC4CCC(N5CC6(COC6)C5)CC4)cccc3c2CC(F)(F)F)c(OCCO)c1. The number of hydrogen-bond donors (Lipinski definition) is 3. The van der Waals surface area contributed by atoms with Crippen molar-refractivity contribution in [1.82, 2.24) is 4.90 Å². The lowest BCUT2D eigenvalue weighted by Crippen LogP contribution is -2.68. The zero-order chi connectivity index (χ0) is 32.5. The highest BCUT2D eigenvalue weighted by atomic mass is 32.1. The van der Waals surface area contributed by atoms with E-state index in [2.05, 4.69) is 27.4 Å². The fourth-order valence-electron chi connectivity index (χ4n) is 6.74. The second-order valence-corrected chi connectivity index (χ2v) is 17.4. The Hall–Kier alpha value is -2.74. The second-order valence-electron chi connectivity index (χ2n) is 13.2. The molecule has 7 nitrogen and oxygen atoms in total. The molecule has 2 saturated heterocycles. The molecule has 0 amide bonds. The number of ether oxygens (including phenoxy) is 2. The van der Waals surface area contributed by atoms with Crippen LogP contribution < -0.4 is 20.7 Å². The van der Waals surface area contributed by atoms with Gasteiger partial charge in [-0.15, -0.1) is 11.3 Å². The van der Waals surface area contributed by atoms with Gasteiger partial charge in [0, 0.05) is 35.9 Å². The molecule has 3 heterocycles. The molecule has 3 aliphatic rings. The normalized spacial score (nSPS) is 21.3. The molecule has 2 aromatic carbocycles. The molecule has 0 bridgehead atoms. The van der Waals surface area contributed by atoms with Gasteiger partial charge in [0.15, 0.2) is 0 Å². The monoisotopic (exact) mass is 675 g/mol. The number of halogens is 3. The fourth-order valence-corrected chi connectivity index (χ4v) is 8.78. The minimum absolute atomic E-state index is 0.0663. The predicted molar refractivity (Wildman–Crippen MR) is 180 cm³/mol. The number of benzene rings is 2. The number of likely N-dealkylation sites (tertiary alicyclic amines) is 1. The Bertz CT molecular complexity index is 1660. The van der Waals surface area contributed by atoms with Gasteiger partial charge in [0.25, 0.3) is 0 Å². The highest BCUT2D eigenvalue weighted by molar-refractivity contribution is 7.70. The topological polar surface area (TPSA) is 83.1 Å². The summed E-state index contributed by atoms with van der Waals surface area (Å²) in [7, 11) is -2.53. The smallest absolute Gasteiger partial charge is 0.393 e. The Morgan fingerprint density at radius 2 is 1.89 bits per heavy atom. The van der Waals surface area contributed by atoms with Gasteiger partial charge in [-0.1, -0.05) is 24.0 Å². The van der Waals surface area contributed by atoms with Crippen LogP contribution in [0, 0.1) is 17.3 Å². The van der Waals surface area contributed by atoms with E-state index in [4.69, 9.17) is 9.47 Å². The largest absolute Gasteiger partial charge is 0.489 e. The van der Waals surface area contributed by atoms with E-state index in [0.717, 1.165) is 62.4 Å². The van der Waals surface area contributed by atoms with Crippen LogP contribution in [0.15, 0.2) is 36.4 Å². The van der Waals surface area contributed by atoms with Crippen LogP contribution in [0.3, 0.4) is 0 Å². The summed E-state index contributed by atoms with van der Waals surface area (Å²) in [6.45, 7) is 7.43. The summed E-state index contributed by atoms with van der Waals surface area (Å²) in [6, 6.07) is 11.6. The number of alkyl halides is 3. The van der Waals surface area contributed by atoms with E-state index in [-0.39, 0.29) is 31.4 Å². The van der Waals surface area contributed by atoms with Crippen molar-refractivity contribution in [2.75, 3.05) is 70.0 Å². The Labute approximate surface area is 272 Å². The molecular weight excluding hydrogens is 634 g/mol. The van der Waals surface area contributed by atoms with Crippen LogP contribution in [0.4, 0.5) is 24.5 Å². The molecule has 1 aliphatic carbocycles. The van der Waals surface area contributed by atoms with E-state index in [9.17, 15) is 22.8 Å². The second kappa shape index (κ2) is 13.4. The van der Waals surface area contributed by atoms with Crippen LogP contribution >= 0.6 is 18.5 Å². The lowest BCUT2D eigenvalue weighted by Gasteiger charge is -2.58. The van der Waals surface area contributed by atoms with Crippen LogP contribution in [0.5, 0.6) is 5.75 Å². The van der Waals surface area contributed by atoms with Gasteiger partial charge in [-0.05, 0) is 74.2 Å². The van der Waals surface area contributed by atoms with Crippen molar-refractivity contribution in [3.8, 4) is 17.6 Å². The first kappa shape index (κ1) is 33.2. The molecule has 3 fully saturated rings. The lowest BCUT2D eigenvalue weighted by molar-refractivity contribution is -0.200. The third-order valence-electron chi connectivity index (χ3n) is 9.17. The molecule has 0 atom stereocenters. The molecule has 46 heavy (non-hydrogen) atoms. The van der Waals surface area contributed by atoms with Crippen LogP contribution in [-0.4, -0.2) is 87.7 Å². The minimum Gasteiger partial charge on any atom is -0.489 e. The first-order chi connectivity index (χ1) is 21.9. The number of aliphatic hydroxyl groups excluding tert-OH is 1. The summed E-state index contributed by atoms with van der Waals surface area (Å²) in [5.41, 5.74) is 2.08. The van der Waals surface area contributed by atoms with Crippen molar-refractivity contribution in [2.24, 2.45) is 5.41 Å². The fraction of sp³-hybridized carbons (Fsp3) is 0.529. The molecular formula is C34H41F3N3O4PS. The maximum atomic E-state index is 13.7. The van der Waals surface area contributed by atoms with Crippen molar-refractivity contribution < 1.29 is 32.3 Å². The predicted octanol–water partition coefficient (Wildman–Crippen LogP) is 6.14. The van der Waals surface area contributed by atoms with Gasteiger partial charge in [-0.25, -0.2) is 0 Å². The Morgan fingerprint density at radius 3 is 2.54 bits per heavy atom. The lowest BCUT2D eigenvalue weighted by atomic mass is 9.75. The average molecular weight is 676 g/mol. The molecule has 1 spiro atoms. The summed E-state index contributed by atoms with van der Waals surface area (Å²) in [6.07, 6.45) is -1.13. The molecule has 0 unspecified atom stereocenters. The van der Waals surface area contributed by atoms with E-state index in [1.807, 2.05) is 12.1 Å². The van der Waals surface area contributed by atoms with Crippen molar-refractivity contribution in [3.63, 3.8) is 0 Å². The van der Waals surface area contributed by atoms with Gasteiger partial charge >= 0.3 is 6.18 Å². The summed E-state index contributed by atoms with van der Waals surface area (Å²) in [5.74, 6) is 6.44. The van der Waals surface area contributed by atoms with Gasteiger partial charge in [0.05, 0.1) is 53.7 Å². The minimum atomic E-state index is -4.37. The number of fused-ring (bicyclic) bond motifs is 1. The highest BCUT2D eigenvalue weighted by Crippen LogP contribution is 2.43. The maximum Gasteiger partial charge on any atom is 0.393 e. The molecule has 3 aromatic rings. The zero-order valence-corrected chi connectivity index (χ0v) is 27.9. The van der Waals surface area contributed by atoms with Crippen LogP contribution in [0.2, 0.25) is 0 Å². The van der Waals surface area contributed by atoms with E-state index in [1.54, 1.807) is 37.6 Å². The van der Waals surface area contributed by atoms with Crippen molar-refractivity contribution in [1.29, 1.82) is 0 Å². The summed E-state index contributed by atoms with van der Waals surface area (Å²) in [4.78, 5) is 3.00. The molecule has 1 aromatic heterocycles. The quantitative estimate of drug-likeness (QED) is 0.176. The Kier molecular flexibility index (Phi) is 9.67. The molecule has 0 radical (unpaired) electrons. The van der Waals surface area contributed by atoms with Crippen molar-refractivity contribution in [2.45, 2.75) is 50.4 Å². The first-order valence-corrected chi connectivity index (χ1v) is 19.2. The Morgan fingerprint density at radius 1 is 1.13 bits per heavy atom. The van der Waals surface area contributed by atoms with Gasteiger partial charge in [0.2, 0.25) is 0 Å². The van der Waals surface area contributed by atoms with Crippen molar-refractivity contribution >= 4 is 45.2 Å². The molecule has 12 heteroatoms. The van der Waals surface area contributed by atoms with E-state index in [1.165, 1.54) is 11.3 Å². The highest BCUT2D eigenvalue weighted by Gasteiger charge is 2.50. The summed E-state index contributed by atoms with van der Waals surface area (Å²) >= 11 is 1.30. The van der Waals surface area contributed by atoms with Crippen LogP contribution in [0.25, 0.3) is 10.1 Å². The number of thiophene rings is 1. The zero-order valence-electron chi connectivity index (χ0n) is 26.2. The van der Waals surface area contributed by atoms with Gasteiger partial charge in [0.1, 0.15) is 19.5 Å². The third kappa shape index (κ3) is 7.53. The van der Waals surface area contributed by atoms with Gasteiger partial charge in [-0.3, -0.25) is 4.90 Å². The summed E-state index contributed by atoms with van der Waals surface area (Å²) in [5, 5.41) is 17.3. The number of rotatable bonds is 10. The van der Waals surface area contributed by atoms with Crippen LogP contribution in [-0.2, 0) is 15.7 Å². The molecule has 248 valence electrons. The molecule has 6 rings (SSSR count). The Balaban J connectivity index is 1.16. The van der Waals surface area contributed by atoms with E-state index in [0.29, 0.717) is 38.5 Å². The van der Waals surface area contributed by atoms with Gasteiger partial charge < -0.3 is 29.8 Å². The number of hydrogen-bond acceptors (Lipinski definition) is 8. The van der Waals surface area contributed by atoms with E-state index >= 15 is 0 Å². The average Bonchev–Trinajstić information content (AvgIpc) is 3.30. The third-order valence-corrected chi connectivity index (χ3v) is 11.9. The molecule has 3 N–H and O–H groups in total. The van der Waals surface area contributed by atoms with Gasteiger partial charge in [-0.2, -0.15) is 13.2 Å². The number of aliphatic hydroxyl groups is 1. The van der Waals surface area contributed by atoms with Crippen LogP contribution in [0.1, 0.15) is 36.1 Å². The van der Waals surface area contributed by atoms with E-state index < -0.39 is 19.7 Å². The summed E-state index contributed by atoms with van der Waals surface area (Å²) < 4.78 is 65.7. The number of nitrogens with one attached hydrogen (secondary N) is 2.